The van der Waals surface area contributed by atoms with Crippen molar-refractivity contribution >= 4 is 5.91 Å². The summed E-state index contributed by atoms with van der Waals surface area (Å²) in [7, 11) is 0. The number of aliphatic hydroxyl groups is 2. The zero-order valence-corrected chi connectivity index (χ0v) is 12.7. The van der Waals surface area contributed by atoms with E-state index in [1.54, 1.807) is 25.1 Å². The fraction of sp³-hybridized carbons (Fsp3) is 0.353. The minimum Gasteiger partial charge on any atom is -0.453 e. The zero-order valence-electron chi connectivity index (χ0n) is 12.7. The highest BCUT2D eigenvalue weighted by molar-refractivity contribution is 5.93. The molecule has 23 heavy (non-hydrogen) atoms. The van der Waals surface area contributed by atoms with E-state index in [9.17, 15) is 14.3 Å². The van der Waals surface area contributed by atoms with Crippen molar-refractivity contribution in [2.75, 3.05) is 6.54 Å². The average Bonchev–Trinajstić information content (AvgIpc) is 3.09. The van der Waals surface area contributed by atoms with Crippen LogP contribution in [0.4, 0.5) is 4.39 Å². The first-order chi connectivity index (χ1) is 11.0. The van der Waals surface area contributed by atoms with E-state index in [4.69, 9.17) is 9.52 Å². The predicted molar refractivity (Wildman–Crippen MR) is 80.2 cm³/mol. The molecule has 0 spiro atoms. The van der Waals surface area contributed by atoms with Gasteiger partial charge in [0.2, 0.25) is 0 Å². The van der Waals surface area contributed by atoms with Crippen molar-refractivity contribution in [3.63, 3.8) is 0 Å². The number of likely N-dealkylation sites (tertiary alicyclic amines) is 1. The monoisotopic (exact) mass is 319 g/mol. The van der Waals surface area contributed by atoms with Crippen LogP contribution in [0.3, 0.4) is 0 Å². The molecule has 1 aromatic carbocycles. The first-order valence-electron chi connectivity index (χ1n) is 7.44. The van der Waals surface area contributed by atoms with Crippen molar-refractivity contribution in [1.29, 1.82) is 0 Å². The van der Waals surface area contributed by atoms with E-state index in [1.165, 1.54) is 17.0 Å². The zero-order chi connectivity index (χ0) is 16.6. The number of aliphatic hydroxyl groups excluding tert-OH is 2. The summed E-state index contributed by atoms with van der Waals surface area (Å²) < 4.78 is 18.9. The Bertz CT molecular complexity index is 727. The van der Waals surface area contributed by atoms with E-state index in [0.29, 0.717) is 23.3 Å². The van der Waals surface area contributed by atoms with Crippen LogP contribution in [0.25, 0.3) is 0 Å². The SMILES string of the molecule is Cc1cc(CO)oc1C(=O)N1C[C@H](O)C[C@H]1c1cccc(F)c1. The van der Waals surface area contributed by atoms with Gasteiger partial charge in [-0.15, -0.1) is 0 Å². The van der Waals surface area contributed by atoms with Crippen LogP contribution in [-0.2, 0) is 6.61 Å². The van der Waals surface area contributed by atoms with Crippen LogP contribution >= 0.6 is 0 Å². The number of furan rings is 1. The fourth-order valence-electron chi connectivity index (χ4n) is 3.04. The molecule has 1 fully saturated rings. The first kappa shape index (κ1) is 15.7. The topological polar surface area (TPSA) is 73.9 Å². The Kier molecular flexibility index (Phi) is 4.19. The molecule has 2 N–H and O–H groups in total. The summed E-state index contributed by atoms with van der Waals surface area (Å²) in [5, 5.41) is 19.1. The van der Waals surface area contributed by atoms with Crippen molar-refractivity contribution in [3.8, 4) is 0 Å². The largest absolute Gasteiger partial charge is 0.453 e. The van der Waals surface area contributed by atoms with Crippen molar-refractivity contribution < 1.29 is 23.8 Å². The van der Waals surface area contributed by atoms with Gasteiger partial charge in [0.25, 0.3) is 5.91 Å². The van der Waals surface area contributed by atoms with Crippen LogP contribution in [0.5, 0.6) is 0 Å². The standard InChI is InChI=1S/C17H18FNO4/c1-10-5-14(9-20)23-16(10)17(22)19-8-13(21)7-15(19)11-3-2-4-12(18)6-11/h2-6,13,15,20-21H,7-9H2,1H3/t13-,15+/m1/s1. The normalized spacial score (nSPS) is 21.0. The van der Waals surface area contributed by atoms with E-state index in [2.05, 4.69) is 0 Å². The maximum absolute atomic E-state index is 13.5. The van der Waals surface area contributed by atoms with Gasteiger partial charge in [0.1, 0.15) is 18.2 Å². The van der Waals surface area contributed by atoms with Gasteiger partial charge >= 0.3 is 0 Å². The fourth-order valence-corrected chi connectivity index (χ4v) is 3.04. The molecular formula is C17H18FNO4. The summed E-state index contributed by atoms with van der Waals surface area (Å²) in [6.07, 6.45) is -0.318. The molecule has 122 valence electrons. The molecule has 2 heterocycles. The van der Waals surface area contributed by atoms with Gasteiger partial charge in [0, 0.05) is 12.1 Å². The van der Waals surface area contributed by atoms with Gasteiger partial charge in [0.05, 0.1) is 12.1 Å². The van der Waals surface area contributed by atoms with Gasteiger partial charge in [-0.1, -0.05) is 12.1 Å². The molecule has 5 nitrogen and oxygen atoms in total. The molecule has 1 saturated heterocycles. The number of benzene rings is 1. The highest BCUT2D eigenvalue weighted by Crippen LogP contribution is 2.34. The van der Waals surface area contributed by atoms with E-state index in [1.807, 2.05) is 0 Å². The van der Waals surface area contributed by atoms with E-state index in [0.717, 1.165) is 0 Å². The third-order valence-electron chi connectivity index (χ3n) is 4.09. The number of β-amino-alcohol motifs (C(OH)–C–C–N with tert-alkyl or cyclic N) is 1. The van der Waals surface area contributed by atoms with Gasteiger partial charge in [-0.25, -0.2) is 4.39 Å². The molecule has 1 amide bonds. The molecule has 1 aliphatic heterocycles. The molecule has 2 aromatic rings. The Balaban J connectivity index is 1.92. The second kappa shape index (κ2) is 6.14. The number of rotatable bonds is 3. The third-order valence-corrected chi connectivity index (χ3v) is 4.09. The number of carbonyl (C=O) groups is 1. The van der Waals surface area contributed by atoms with Crippen LogP contribution in [0.1, 0.15) is 39.9 Å². The lowest BCUT2D eigenvalue weighted by Crippen LogP contribution is -2.32. The maximum atomic E-state index is 13.5. The molecule has 0 aliphatic carbocycles. The summed E-state index contributed by atoms with van der Waals surface area (Å²) in [6, 6.07) is 7.23. The van der Waals surface area contributed by atoms with E-state index < -0.39 is 12.1 Å². The molecule has 2 atom stereocenters. The lowest BCUT2D eigenvalue weighted by Gasteiger charge is -2.24. The van der Waals surface area contributed by atoms with Crippen LogP contribution < -0.4 is 0 Å². The highest BCUT2D eigenvalue weighted by Gasteiger charge is 2.37. The van der Waals surface area contributed by atoms with E-state index >= 15 is 0 Å². The summed E-state index contributed by atoms with van der Waals surface area (Å²) in [4.78, 5) is 14.2. The Morgan fingerprint density at radius 1 is 1.43 bits per heavy atom. The summed E-state index contributed by atoms with van der Waals surface area (Å²) in [5.41, 5.74) is 1.26. The van der Waals surface area contributed by atoms with Crippen molar-refractivity contribution in [2.45, 2.75) is 32.1 Å². The number of hydrogen-bond donors (Lipinski definition) is 2. The van der Waals surface area contributed by atoms with Crippen molar-refractivity contribution in [1.82, 2.24) is 4.90 Å². The maximum Gasteiger partial charge on any atom is 0.290 e. The molecule has 1 aromatic heterocycles. The molecule has 0 bridgehead atoms. The highest BCUT2D eigenvalue weighted by atomic mass is 19.1. The smallest absolute Gasteiger partial charge is 0.290 e. The number of nitrogens with zero attached hydrogens (tertiary/aromatic N) is 1. The van der Waals surface area contributed by atoms with Crippen LogP contribution in [0.15, 0.2) is 34.7 Å². The van der Waals surface area contributed by atoms with Crippen LogP contribution in [0, 0.1) is 12.7 Å². The Morgan fingerprint density at radius 3 is 2.87 bits per heavy atom. The number of carbonyl (C=O) groups excluding carboxylic acids is 1. The second-order valence-electron chi connectivity index (χ2n) is 5.80. The Hall–Kier alpha value is -2.18. The first-order valence-corrected chi connectivity index (χ1v) is 7.44. The third kappa shape index (κ3) is 3.00. The Morgan fingerprint density at radius 2 is 2.22 bits per heavy atom. The molecule has 0 unspecified atom stereocenters. The lowest BCUT2D eigenvalue weighted by atomic mass is 10.0. The van der Waals surface area contributed by atoms with Crippen molar-refractivity contribution in [2.24, 2.45) is 0 Å². The summed E-state index contributed by atoms with van der Waals surface area (Å²) in [5.74, 6) is -0.293. The average molecular weight is 319 g/mol. The van der Waals surface area contributed by atoms with Gasteiger partial charge in [-0.2, -0.15) is 0 Å². The van der Waals surface area contributed by atoms with Crippen LogP contribution in [0.2, 0.25) is 0 Å². The minimum absolute atomic E-state index is 0.143. The predicted octanol–water partition coefficient (Wildman–Crippen LogP) is 2.17. The van der Waals surface area contributed by atoms with Gasteiger partial charge in [-0.3, -0.25) is 4.79 Å². The number of hydrogen-bond acceptors (Lipinski definition) is 4. The molecular weight excluding hydrogens is 301 g/mol. The molecule has 6 heteroatoms. The summed E-state index contributed by atoms with van der Waals surface area (Å²) in [6.45, 7) is 1.60. The van der Waals surface area contributed by atoms with Gasteiger partial charge in [0.15, 0.2) is 5.76 Å². The second-order valence-corrected chi connectivity index (χ2v) is 5.80. The number of amides is 1. The number of halogens is 1. The van der Waals surface area contributed by atoms with Crippen LogP contribution in [-0.4, -0.2) is 33.7 Å². The lowest BCUT2D eigenvalue weighted by molar-refractivity contribution is 0.0678. The Labute approximate surface area is 133 Å². The van der Waals surface area contributed by atoms with E-state index in [-0.39, 0.29) is 30.6 Å². The molecule has 0 radical (unpaired) electrons. The number of aryl methyl sites for hydroxylation is 1. The van der Waals surface area contributed by atoms with Crippen molar-refractivity contribution in [3.05, 3.63) is 58.8 Å². The summed E-state index contributed by atoms with van der Waals surface area (Å²) >= 11 is 0. The van der Waals surface area contributed by atoms with Gasteiger partial charge in [-0.05, 0) is 37.1 Å². The minimum atomic E-state index is -0.667. The molecule has 0 saturated carbocycles. The quantitative estimate of drug-likeness (QED) is 0.909. The van der Waals surface area contributed by atoms with Gasteiger partial charge < -0.3 is 19.5 Å². The molecule has 3 rings (SSSR count). The molecule has 1 aliphatic rings.